The summed E-state index contributed by atoms with van der Waals surface area (Å²) >= 11 is 0. The van der Waals surface area contributed by atoms with Crippen LogP contribution in [0, 0.1) is 0 Å². The SMILES string of the molecule is CCCC(O)CNC(C)CCC(=O)O. The molecule has 4 nitrogen and oxygen atoms in total. The van der Waals surface area contributed by atoms with Crippen LogP contribution in [0.2, 0.25) is 0 Å². The third-order valence-electron chi connectivity index (χ3n) is 2.12. The van der Waals surface area contributed by atoms with Gasteiger partial charge in [0.1, 0.15) is 0 Å². The monoisotopic (exact) mass is 203 g/mol. The van der Waals surface area contributed by atoms with Gasteiger partial charge in [-0.3, -0.25) is 4.79 Å². The summed E-state index contributed by atoms with van der Waals surface area (Å²) in [6.45, 7) is 4.51. The van der Waals surface area contributed by atoms with Gasteiger partial charge >= 0.3 is 5.97 Å². The molecule has 0 fully saturated rings. The molecule has 0 amide bonds. The number of carboxylic acid groups (broad SMARTS) is 1. The van der Waals surface area contributed by atoms with Gasteiger partial charge in [0, 0.05) is 19.0 Å². The molecular weight excluding hydrogens is 182 g/mol. The predicted molar refractivity (Wildman–Crippen MR) is 55.2 cm³/mol. The molecule has 2 unspecified atom stereocenters. The van der Waals surface area contributed by atoms with Crippen molar-refractivity contribution in [2.75, 3.05) is 6.54 Å². The highest BCUT2D eigenvalue weighted by Crippen LogP contribution is 1.98. The Balaban J connectivity index is 3.42. The molecule has 0 bridgehead atoms. The zero-order valence-electron chi connectivity index (χ0n) is 8.99. The van der Waals surface area contributed by atoms with Crippen molar-refractivity contribution >= 4 is 5.97 Å². The Morgan fingerprint density at radius 2 is 2.07 bits per heavy atom. The van der Waals surface area contributed by atoms with Crippen LogP contribution in [-0.4, -0.2) is 34.9 Å². The molecular formula is C10H21NO3. The Hall–Kier alpha value is -0.610. The van der Waals surface area contributed by atoms with Gasteiger partial charge in [0.05, 0.1) is 6.10 Å². The minimum Gasteiger partial charge on any atom is -0.481 e. The Morgan fingerprint density at radius 1 is 1.43 bits per heavy atom. The number of nitrogens with one attached hydrogen (secondary N) is 1. The number of hydrogen-bond acceptors (Lipinski definition) is 3. The van der Waals surface area contributed by atoms with E-state index < -0.39 is 5.97 Å². The summed E-state index contributed by atoms with van der Waals surface area (Å²) in [6.07, 6.45) is 2.23. The third kappa shape index (κ3) is 8.01. The van der Waals surface area contributed by atoms with E-state index in [1.165, 1.54) is 0 Å². The first-order valence-electron chi connectivity index (χ1n) is 5.19. The Kier molecular flexibility index (Phi) is 7.42. The molecule has 0 aromatic rings. The second-order valence-corrected chi connectivity index (χ2v) is 3.68. The van der Waals surface area contributed by atoms with E-state index in [4.69, 9.17) is 5.11 Å². The first kappa shape index (κ1) is 13.4. The van der Waals surface area contributed by atoms with E-state index >= 15 is 0 Å². The van der Waals surface area contributed by atoms with Crippen molar-refractivity contribution in [2.45, 2.75) is 51.7 Å². The maximum absolute atomic E-state index is 10.3. The van der Waals surface area contributed by atoms with E-state index in [0.717, 1.165) is 12.8 Å². The quantitative estimate of drug-likeness (QED) is 0.550. The molecule has 84 valence electrons. The van der Waals surface area contributed by atoms with E-state index in [9.17, 15) is 9.90 Å². The summed E-state index contributed by atoms with van der Waals surface area (Å²) < 4.78 is 0. The van der Waals surface area contributed by atoms with E-state index in [1.54, 1.807) is 0 Å². The smallest absolute Gasteiger partial charge is 0.303 e. The molecule has 0 saturated carbocycles. The molecule has 0 aromatic heterocycles. The molecule has 2 atom stereocenters. The van der Waals surface area contributed by atoms with Gasteiger partial charge in [-0.2, -0.15) is 0 Å². The Labute approximate surface area is 85.3 Å². The fraction of sp³-hybridized carbons (Fsp3) is 0.900. The summed E-state index contributed by atoms with van der Waals surface area (Å²) in [5.74, 6) is -0.771. The molecule has 3 N–H and O–H groups in total. The number of aliphatic carboxylic acids is 1. The molecule has 0 rings (SSSR count). The maximum atomic E-state index is 10.3. The Morgan fingerprint density at radius 3 is 2.57 bits per heavy atom. The van der Waals surface area contributed by atoms with Crippen molar-refractivity contribution in [1.82, 2.24) is 5.32 Å². The zero-order valence-corrected chi connectivity index (χ0v) is 8.99. The van der Waals surface area contributed by atoms with Crippen LogP contribution in [0.25, 0.3) is 0 Å². The van der Waals surface area contributed by atoms with Crippen molar-refractivity contribution < 1.29 is 15.0 Å². The lowest BCUT2D eigenvalue weighted by Gasteiger charge is -2.15. The van der Waals surface area contributed by atoms with E-state index in [2.05, 4.69) is 5.32 Å². The fourth-order valence-corrected chi connectivity index (χ4v) is 1.21. The van der Waals surface area contributed by atoms with Gasteiger partial charge in [-0.15, -0.1) is 0 Å². The number of aliphatic hydroxyl groups is 1. The van der Waals surface area contributed by atoms with E-state index in [1.807, 2.05) is 13.8 Å². The second-order valence-electron chi connectivity index (χ2n) is 3.68. The van der Waals surface area contributed by atoms with Crippen LogP contribution in [0.15, 0.2) is 0 Å². The van der Waals surface area contributed by atoms with Crippen molar-refractivity contribution in [1.29, 1.82) is 0 Å². The second kappa shape index (κ2) is 7.76. The number of rotatable bonds is 8. The minimum absolute atomic E-state index is 0.151. The first-order chi connectivity index (χ1) is 6.56. The van der Waals surface area contributed by atoms with Gasteiger partial charge in [-0.25, -0.2) is 0 Å². The molecule has 0 saturated heterocycles. The summed E-state index contributed by atoms with van der Waals surface area (Å²) in [6, 6.07) is 0.151. The van der Waals surface area contributed by atoms with Crippen molar-refractivity contribution in [2.24, 2.45) is 0 Å². The van der Waals surface area contributed by atoms with E-state index in [0.29, 0.717) is 13.0 Å². The van der Waals surface area contributed by atoms with Gasteiger partial charge in [0.25, 0.3) is 0 Å². The van der Waals surface area contributed by atoms with Crippen molar-refractivity contribution in [3.63, 3.8) is 0 Å². The highest BCUT2D eigenvalue weighted by Gasteiger charge is 2.07. The minimum atomic E-state index is -0.771. The van der Waals surface area contributed by atoms with Crippen molar-refractivity contribution in [3.05, 3.63) is 0 Å². The fourth-order valence-electron chi connectivity index (χ4n) is 1.21. The van der Waals surface area contributed by atoms with Gasteiger partial charge in [-0.05, 0) is 19.8 Å². The largest absolute Gasteiger partial charge is 0.481 e. The van der Waals surface area contributed by atoms with Gasteiger partial charge < -0.3 is 15.5 Å². The number of carbonyl (C=O) groups is 1. The summed E-state index contributed by atoms with van der Waals surface area (Å²) in [7, 11) is 0. The van der Waals surface area contributed by atoms with Crippen LogP contribution < -0.4 is 5.32 Å². The molecule has 0 aliphatic heterocycles. The lowest BCUT2D eigenvalue weighted by Crippen LogP contribution is -2.34. The molecule has 0 radical (unpaired) electrons. The normalized spacial score (nSPS) is 15.1. The topological polar surface area (TPSA) is 69.6 Å². The van der Waals surface area contributed by atoms with Crippen LogP contribution in [-0.2, 0) is 4.79 Å². The average Bonchev–Trinajstić information content (AvgIpc) is 2.12. The van der Waals surface area contributed by atoms with Gasteiger partial charge in [0.15, 0.2) is 0 Å². The third-order valence-corrected chi connectivity index (χ3v) is 2.12. The molecule has 0 aromatic carbocycles. The highest BCUT2D eigenvalue weighted by atomic mass is 16.4. The molecule has 0 heterocycles. The van der Waals surface area contributed by atoms with E-state index in [-0.39, 0.29) is 18.6 Å². The van der Waals surface area contributed by atoms with Gasteiger partial charge in [-0.1, -0.05) is 13.3 Å². The molecule has 14 heavy (non-hydrogen) atoms. The van der Waals surface area contributed by atoms with Crippen LogP contribution in [0.3, 0.4) is 0 Å². The highest BCUT2D eigenvalue weighted by molar-refractivity contribution is 5.66. The zero-order chi connectivity index (χ0) is 11.0. The number of hydrogen-bond donors (Lipinski definition) is 3. The summed E-state index contributed by atoms with van der Waals surface area (Å²) in [5, 5.41) is 21.0. The lowest BCUT2D eigenvalue weighted by molar-refractivity contribution is -0.137. The Bertz CT molecular complexity index is 161. The standard InChI is InChI=1S/C10H21NO3/c1-3-4-9(12)7-11-8(2)5-6-10(13)14/h8-9,11-12H,3-7H2,1-2H3,(H,13,14). The van der Waals surface area contributed by atoms with Crippen LogP contribution >= 0.6 is 0 Å². The number of carboxylic acids is 1. The maximum Gasteiger partial charge on any atom is 0.303 e. The summed E-state index contributed by atoms with van der Waals surface area (Å²) in [5.41, 5.74) is 0. The lowest BCUT2D eigenvalue weighted by atomic mass is 10.1. The van der Waals surface area contributed by atoms with Gasteiger partial charge in [0.2, 0.25) is 0 Å². The molecule has 4 heteroatoms. The van der Waals surface area contributed by atoms with Crippen LogP contribution in [0.4, 0.5) is 0 Å². The first-order valence-corrected chi connectivity index (χ1v) is 5.19. The van der Waals surface area contributed by atoms with Crippen molar-refractivity contribution in [3.8, 4) is 0 Å². The molecule has 0 aliphatic carbocycles. The molecule has 0 spiro atoms. The summed E-state index contributed by atoms with van der Waals surface area (Å²) in [4.78, 5) is 10.3. The predicted octanol–water partition coefficient (Wildman–Crippen LogP) is 0.990. The molecule has 0 aliphatic rings. The number of aliphatic hydroxyl groups excluding tert-OH is 1. The van der Waals surface area contributed by atoms with Crippen LogP contribution in [0.5, 0.6) is 0 Å². The van der Waals surface area contributed by atoms with Crippen LogP contribution in [0.1, 0.15) is 39.5 Å². The average molecular weight is 203 g/mol.